The maximum atomic E-state index is 4.47. The van der Waals surface area contributed by atoms with Crippen molar-refractivity contribution in [2.45, 2.75) is 31.8 Å². The van der Waals surface area contributed by atoms with Gasteiger partial charge in [0.25, 0.3) is 0 Å². The number of pyridine rings is 1. The smallest absolute Gasteiger partial charge is 0.0544 e. The number of nitrogens with zero attached hydrogens (tertiary/aromatic N) is 3. The van der Waals surface area contributed by atoms with Gasteiger partial charge in [0.15, 0.2) is 0 Å². The predicted octanol–water partition coefficient (Wildman–Crippen LogP) is 2.51. The highest BCUT2D eigenvalue weighted by Crippen LogP contribution is 2.22. The second-order valence-corrected chi connectivity index (χ2v) is 6.30. The van der Waals surface area contributed by atoms with Crippen molar-refractivity contribution in [2.24, 2.45) is 0 Å². The van der Waals surface area contributed by atoms with Gasteiger partial charge in [-0.15, -0.1) is 0 Å². The fraction of sp³-hybridized carbons (Fsp3) is 0.643. The van der Waals surface area contributed by atoms with Crippen molar-refractivity contribution in [3.63, 3.8) is 0 Å². The molecule has 2 fully saturated rings. The zero-order valence-corrected chi connectivity index (χ0v) is 12.3. The largest absolute Gasteiger partial charge is 0.298 e. The molecule has 1 aromatic rings. The van der Waals surface area contributed by atoms with E-state index in [9.17, 15) is 0 Å². The molecule has 0 radical (unpaired) electrons. The molecule has 0 aliphatic carbocycles. The first-order valence-electron chi connectivity index (χ1n) is 6.88. The van der Waals surface area contributed by atoms with Crippen LogP contribution in [-0.2, 0) is 6.54 Å². The molecule has 1 unspecified atom stereocenters. The van der Waals surface area contributed by atoms with Gasteiger partial charge in [0.05, 0.1) is 5.69 Å². The lowest BCUT2D eigenvalue weighted by molar-refractivity contribution is 0.0451. The number of aromatic nitrogens is 1. The summed E-state index contributed by atoms with van der Waals surface area (Å²) < 4.78 is 1.06. The van der Waals surface area contributed by atoms with Crippen molar-refractivity contribution in [2.75, 3.05) is 26.2 Å². The first-order valence-corrected chi connectivity index (χ1v) is 7.67. The average molecular weight is 310 g/mol. The van der Waals surface area contributed by atoms with Crippen molar-refractivity contribution in [3.05, 3.63) is 28.5 Å². The number of rotatable bonds is 2. The van der Waals surface area contributed by atoms with E-state index in [2.05, 4.69) is 42.8 Å². The minimum absolute atomic E-state index is 0.794. The van der Waals surface area contributed by atoms with Gasteiger partial charge in [0.2, 0.25) is 0 Å². The molecular weight excluding hydrogens is 290 g/mol. The summed E-state index contributed by atoms with van der Waals surface area (Å²) in [7, 11) is 0. The molecule has 2 saturated heterocycles. The van der Waals surface area contributed by atoms with Gasteiger partial charge >= 0.3 is 0 Å². The Bertz CT molecular complexity index is 393. The molecule has 3 rings (SSSR count). The Morgan fingerprint density at radius 1 is 1.22 bits per heavy atom. The Hall–Kier alpha value is -0.450. The highest BCUT2D eigenvalue weighted by atomic mass is 79.9. The summed E-state index contributed by atoms with van der Waals surface area (Å²) in [4.78, 5) is 9.71. The van der Waals surface area contributed by atoms with E-state index < -0.39 is 0 Å². The molecule has 0 saturated carbocycles. The predicted molar refractivity (Wildman–Crippen MR) is 76.4 cm³/mol. The monoisotopic (exact) mass is 309 g/mol. The molecule has 4 heteroatoms. The SMILES string of the molecule is Brc1ccc(CN2CCN3CCCCC3C2)nc1. The fourth-order valence-electron chi connectivity index (χ4n) is 3.09. The van der Waals surface area contributed by atoms with Crippen LogP contribution in [0.2, 0.25) is 0 Å². The molecule has 2 aliphatic rings. The van der Waals surface area contributed by atoms with Gasteiger partial charge in [-0.3, -0.25) is 14.8 Å². The van der Waals surface area contributed by atoms with E-state index in [0.29, 0.717) is 0 Å². The van der Waals surface area contributed by atoms with Gasteiger partial charge in [0.1, 0.15) is 0 Å². The van der Waals surface area contributed by atoms with Crippen molar-refractivity contribution >= 4 is 15.9 Å². The average Bonchev–Trinajstić information content (AvgIpc) is 2.41. The Labute approximate surface area is 117 Å². The highest BCUT2D eigenvalue weighted by Gasteiger charge is 2.28. The van der Waals surface area contributed by atoms with E-state index in [1.54, 1.807) is 0 Å². The summed E-state index contributed by atoms with van der Waals surface area (Å²) in [5, 5.41) is 0. The number of piperazine rings is 1. The lowest BCUT2D eigenvalue weighted by Gasteiger charge is -2.44. The Morgan fingerprint density at radius 3 is 3.00 bits per heavy atom. The third-order valence-corrected chi connectivity index (χ3v) is 4.56. The van der Waals surface area contributed by atoms with Crippen molar-refractivity contribution < 1.29 is 0 Å². The molecule has 0 amide bonds. The van der Waals surface area contributed by atoms with Crippen LogP contribution in [0.4, 0.5) is 0 Å². The summed E-state index contributed by atoms with van der Waals surface area (Å²) in [6, 6.07) is 5.00. The molecule has 18 heavy (non-hydrogen) atoms. The van der Waals surface area contributed by atoms with Crippen molar-refractivity contribution in [1.82, 2.24) is 14.8 Å². The molecule has 98 valence electrons. The molecule has 3 heterocycles. The normalized spacial score (nSPS) is 25.9. The van der Waals surface area contributed by atoms with E-state index in [1.807, 2.05) is 6.20 Å². The van der Waals surface area contributed by atoms with Gasteiger partial charge in [-0.25, -0.2) is 0 Å². The fourth-order valence-corrected chi connectivity index (χ4v) is 3.33. The van der Waals surface area contributed by atoms with Crippen molar-refractivity contribution in [1.29, 1.82) is 0 Å². The topological polar surface area (TPSA) is 19.4 Å². The summed E-state index contributed by atoms with van der Waals surface area (Å²) in [5.41, 5.74) is 1.18. The van der Waals surface area contributed by atoms with E-state index in [-0.39, 0.29) is 0 Å². The molecule has 2 aliphatic heterocycles. The van der Waals surface area contributed by atoms with Crippen LogP contribution in [0.3, 0.4) is 0 Å². The van der Waals surface area contributed by atoms with E-state index in [4.69, 9.17) is 0 Å². The number of piperidine rings is 1. The molecule has 0 aromatic carbocycles. The molecule has 1 aromatic heterocycles. The van der Waals surface area contributed by atoms with Crippen molar-refractivity contribution in [3.8, 4) is 0 Å². The minimum Gasteiger partial charge on any atom is -0.298 e. The zero-order chi connectivity index (χ0) is 12.4. The van der Waals surface area contributed by atoms with Gasteiger partial charge in [-0.05, 0) is 47.4 Å². The number of hydrogen-bond acceptors (Lipinski definition) is 3. The molecule has 3 nitrogen and oxygen atoms in total. The maximum Gasteiger partial charge on any atom is 0.0544 e. The lowest BCUT2D eigenvalue weighted by atomic mass is 9.99. The second kappa shape index (κ2) is 5.68. The van der Waals surface area contributed by atoms with Gasteiger partial charge in [-0.2, -0.15) is 0 Å². The highest BCUT2D eigenvalue weighted by molar-refractivity contribution is 9.10. The van der Waals surface area contributed by atoms with Crippen LogP contribution in [0.15, 0.2) is 22.8 Å². The first kappa shape index (κ1) is 12.6. The molecule has 0 N–H and O–H groups in total. The number of hydrogen-bond donors (Lipinski definition) is 0. The second-order valence-electron chi connectivity index (χ2n) is 5.39. The lowest BCUT2D eigenvalue weighted by Crippen LogP contribution is -2.54. The third kappa shape index (κ3) is 2.92. The molecule has 0 bridgehead atoms. The van der Waals surface area contributed by atoms with Gasteiger partial charge in [-0.1, -0.05) is 6.42 Å². The summed E-state index contributed by atoms with van der Waals surface area (Å²) in [6.07, 6.45) is 6.08. The van der Waals surface area contributed by atoms with Crippen LogP contribution < -0.4 is 0 Å². The van der Waals surface area contributed by atoms with Crippen LogP contribution >= 0.6 is 15.9 Å². The minimum atomic E-state index is 0.794. The summed E-state index contributed by atoms with van der Waals surface area (Å²) in [5.74, 6) is 0. The van der Waals surface area contributed by atoms with E-state index in [0.717, 1.165) is 17.1 Å². The first-order chi connectivity index (χ1) is 8.81. The Balaban J connectivity index is 1.59. The number of halogens is 1. The Kier molecular flexibility index (Phi) is 3.97. The Morgan fingerprint density at radius 2 is 2.17 bits per heavy atom. The number of fused-ring (bicyclic) bond motifs is 1. The van der Waals surface area contributed by atoms with Crippen LogP contribution in [0.25, 0.3) is 0 Å². The summed E-state index contributed by atoms with van der Waals surface area (Å²) >= 11 is 3.43. The van der Waals surface area contributed by atoms with Crippen LogP contribution in [0.1, 0.15) is 25.0 Å². The molecular formula is C14H20BrN3. The van der Waals surface area contributed by atoms with Gasteiger partial charge in [0, 0.05) is 42.9 Å². The van der Waals surface area contributed by atoms with Gasteiger partial charge < -0.3 is 0 Å². The van der Waals surface area contributed by atoms with Crippen LogP contribution in [-0.4, -0.2) is 47.0 Å². The standard InChI is InChI=1S/C14H20BrN3/c15-12-4-5-13(16-9-12)10-17-7-8-18-6-2-1-3-14(18)11-17/h4-5,9,14H,1-3,6-8,10-11H2. The van der Waals surface area contributed by atoms with Crippen LogP contribution in [0, 0.1) is 0 Å². The quantitative estimate of drug-likeness (QED) is 0.837. The third-order valence-electron chi connectivity index (χ3n) is 4.10. The maximum absolute atomic E-state index is 4.47. The summed E-state index contributed by atoms with van der Waals surface area (Å²) in [6.45, 7) is 5.96. The van der Waals surface area contributed by atoms with E-state index >= 15 is 0 Å². The van der Waals surface area contributed by atoms with Crippen LogP contribution in [0.5, 0.6) is 0 Å². The molecule has 0 spiro atoms. The molecule has 1 atom stereocenters. The zero-order valence-electron chi connectivity index (χ0n) is 10.7. The van der Waals surface area contributed by atoms with E-state index in [1.165, 1.54) is 51.1 Å².